The van der Waals surface area contributed by atoms with E-state index in [1.54, 1.807) is 0 Å². The number of anilines is 2. The number of nitrogens with zero attached hydrogens (tertiary/aromatic N) is 7. The van der Waals surface area contributed by atoms with Crippen molar-refractivity contribution in [2.45, 2.75) is 32.2 Å². The third-order valence-corrected chi connectivity index (χ3v) is 9.99. The maximum Gasteiger partial charge on any atom is 0.128 e. The van der Waals surface area contributed by atoms with Crippen molar-refractivity contribution < 1.29 is 0 Å². The molecule has 0 radical (unpaired) electrons. The fraction of sp³-hybridized carbons (Fsp3) is 0.667. The van der Waals surface area contributed by atoms with Gasteiger partial charge in [-0.25, -0.2) is 4.98 Å². The van der Waals surface area contributed by atoms with Gasteiger partial charge in [0.05, 0.1) is 0 Å². The standard InChI is InChI=1S/C33H51N7/c1-27-4-7-31(8-5-27)40-24-30(25-40)23-39-17-14-36(3)26-32(39)20-29-6-9-33(34-21-29)38-18-15-37(16-19-38)22-28-10-12-35(2)13-11-28/h4-9,21,28,30,32H,10-20,22-26H2,1-3H3. The Morgan fingerprint density at radius 2 is 1.45 bits per heavy atom. The molecule has 1 aromatic carbocycles. The molecule has 4 aliphatic rings. The van der Waals surface area contributed by atoms with E-state index in [4.69, 9.17) is 4.98 Å². The van der Waals surface area contributed by atoms with E-state index in [-0.39, 0.29) is 0 Å². The zero-order valence-electron chi connectivity index (χ0n) is 25.2. The number of likely N-dealkylation sites (tertiary alicyclic amines) is 1. The Morgan fingerprint density at radius 3 is 2.15 bits per heavy atom. The molecule has 0 bridgehead atoms. The summed E-state index contributed by atoms with van der Waals surface area (Å²) in [5, 5.41) is 0. The second kappa shape index (κ2) is 12.8. The number of piperidine rings is 1. The average molecular weight is 546 g/mol. The summed E-state index contributed by atoms with van der Waals surface area (Å²) in [6.45, 7) is 17.6. The number of aromatic nitrogens is 1. The molecule has 4 aliphatic heterocycles. The van der Waals surface area contributed by atoms with Crippen LogP contribution in [0.15, 0.2) is 42.6 Å². The lowest BCUT2D eigenvalue weighted by Gasteiger charge is -2.47. The van der Waals surface area contributed by atoms with Crippen LogP contribution in [0.25, 0.3) is 0 Å². The second-order valence-corrected chi connectivity index (χ2v) is 13.3. The average Bonchev–Trinajstić information content (AvgIpc) is 2.94. The number of rotatable bonds is 8. The lowest BCUT2D eigenvalue weighted by molar-refractivity contribution is 0.0705. The molecule has 1 unspecified atom stereocenters. The molecular formula is C33H51N7. The van der Waals surface area contributed by atoms with Crippen LogP contribution in [0.3, 0.4) is 0 Å². The van der Waals surface area contributed by atoms with Crippen LogP contribution in [0.2, 0.25) is 0 Å². The highest BCUT2D eigenvalue weighted by molar-refractivity contribution is 5.49. The number of pyridine rings is 1. The minimum Gasteiger partial charge on any atom is -0.371 e. The molecule has 0 amide bonds. The SMILES string of the molecule is Cc1ccc(N2CC(CN3CCN(C)CC3Cc3ccc(N4CCN(CC5CCN(C)CC5)CC4)nc3)C2)cc1. The molecule has 0 spiro atoms. The Balaban J connectivity index is 0.972. The van der Waals surface area contributed by atoms with Crippen LogP contribution >= 0.6 is 0 Å². The van der Waals surface area contributed by atoms with E-state index in [1.807, 2.05) is 0 Å². The van der Waals surface area contributed by atoms with Crippen molar-refractivity contribution >= 4 is 11.5 Å². The number of likely N-dealkylation sites (N-methyl/N-ethyl adjacent to an activating group) is 1. The minimum atomic E-state index is 0.572. The van der Waals surface area contributed by atoms with Crippen LogP contribution in [0.5, 0.6) is 0 Å². The van der Waals surface area contributed by atoms with Crippen molar-refractivity contribution in [3.8, 4) is 0 Å². The van der Waals surface area contributed by atoms with Gasteiger partial charge in [-0.15, -0.1) is 0 Å². The third-order valence-electron chi connectivity index (χ3n) is 9.99. The third kappa shape index (κ3) is 6.99. The first-order valence-corrected chi connectivity index (χ1v) is 15.8. The number of hydrogen-bond donors (Lipinski definition) is 0. The van der Waals surface area contributed by atoms with Gasteiger partial charge in [0.2, 0.25) is 0 Å². The van der Waals surface area contributed by atoms with Crippen LogP contribution in [0.1, 0.15) is 24.0 Å². The van der Waals surface area contributed by atoms with E-state index in [9.17, 15) is 0 Å². The summed E-state index contributed by atoms with van der Waals surface area (Å²) in [4.78, 5) is 20.4. The zero-order chi connectivity index (χ0) is 27.5. The Bertz CT molecular complexity index is 1050. The van der Waals surface area contributed by atoms with E-state index in [0.717, 1.165) is 43.7 Å². The lowest BCUT2D eigenvalue weighted by atomic mass is 9.95. The molecule has 6 rings (SSSR count). The van der Waals surface area contributed by atoms with Crippen molar-refractivity contribution in [3.05, 3.63) is 53.7 Å². The molecule has 7 heteroatoms. The van der Waals surface area contributed by atoms with E-state index in [1.165, 1.54) is 95.1 Å². The molecule has 218 valence electrons. The Hall–Kier alpha value is -2.19. The second-order valence-electron chi connectivity index (χ2n) is 13.3. The maximum absolute atomic E-state index is 4.96. The molecular weight excluding hydrogens is 494 g/mol. The van der Waals surface area contributed by atoms with Gasteiger partial charge < -0.3 is 19.6 Å². The summed E-state index contributed by atoms with van der Waals surface area (Å²) in [5.74, 6) is 2.81. The summed E-state index contributed by atoms with van der Waals surface area (Å²) in [5.41, 5.74) is 4.09. The summed E-state index contributed by atoms with van der Waals surface area (Å²) in [6.07, 6.45) is 5.98. The predicted octanol–water partition coefficient (Wildman–Crippen LogP) is 3.15. The van der Waals surface area contributed by atoms with E-state index in [2.05, 4.69) is 93.0 Å². The summed E-state index contributed by atoms with van der Waals surface area (Å²) < 4.78 is 0. The summed E-state index contributed by atoms with van der Waals surface area (Å²) in [6, 6.07) is 14.2. The minimum absolute atomic E-state index is 0.572. The van der Waals surface area contributed by atoms with Gasteiger partial charge in [0.25, 0.3) is 0 Å². The van der Waals surface area contributed by atoms with Crippen LogP contribution in [0.4, 0.5) is 11.5 Å². The Kier molecular flexibility index (Phi) is 8.92. The monoisotopic (exact) mass is 545 g/mol. The molecule has 1 aromatic heterocycles. The van der Waals surface area contributed by atoms with Crippen molar-refractivity contribution in [1.82, 2.24) is 24.6 Å². The normalized spacial score (nSPS) is 24.9. The van der Waals surface area contributed by atoms with Crippen molar-refractivity contribution in [3.63, 3.8) is 0 Å². The van der Waals surface area contributed by atoms with Gasteiger partial charge in [-0.3, -0.25) is 9.80 Å². The summed E-state index contributed by atoms with van der Waals surface area (Å²) >= 11 is 0. The highest BCUT2D eigenvalue weighted by Crippen LogP contribution is 2.27. The molecule has 4 saturated heterocycles. The highest BCUT2D eigenvalue weighted by atomic mass is 15.3. The molecule has 0 saturated carbocycles. The molecule has 1 atom stereocenters. The van der Waals surface area contributed by atoms with Crippen molar-refractivity contribution in [2.24, 2.45) is 11.8 Å². The first-order valence-electron chi connectivity index (χ1n) is 15.8. The number of hydrogen-bond acceptors (Lipinski definition) is 7. The fourth-order valence-corrected chi connectivity index (χ4v) is 7.23. The fourth-order valence-electron chi connectivity index (χ4n) is 7.23. The van der Waals surface area contributed by atoms with Gasteiger partial charge in [-0.05, 0) is 83.1 Å². The topological polar surface area (TPSA) is 32.3 Å². The molecule has 0 N–H and O–H groups in total. The van der Waals surface area contributed by atoms with Gasteiger partial charge in [0, 0.05) is 95.8 Å². The van der Waals surface area contributed by atoms with Crippen LogP contribution in [0, 0.1) is 18.8 Å². The van der Waals surface area contributed by atoms with Crippen LogP contribution < -0.4 is 9.80 Å². The van der Waals surface area contributed by atoms with E-state index < -0.39 is 0 Å². The number of benzene rings is 1. The smallest absolute Gasteiger partial charge is 0.128 e. The van der Waals surface area contributed by atoms with Crippen molar-refractivity contribution in [1.29, 1.82) is 0 Å². The molecule has 7 nitrogen and oxygen atoms in total. The molecule has 0 aliphatic carbocycles. The quantitative estimate of drug-likeness (QED) is 0.504. The predicted molar refractivity (Wildman–Crippen MR) is 167 cm³/mol. The number of aryl methyl sites for hydroxylation is 1. The Labute approximate surface area is 242 Å². The molecule has 40 heavy (non-hydrogen) atoms. The Morgan fingerprint density at radius 1 is 0.700 bits per heavy atom. The zero-order valence-corrected chi connectivity index (χ0v) is 25.2. The highest BCUT2D eigenvalue weighted by Gasteiger charge is 2.33. The van der Waals surface area contributed by atoms with Gasteiger partial charge in [-0.1, -0.05) is 23.8 Å². The van der Waals surface area contributed by atoms with Crippen LogP contribution in [-0.2, 0) is 6.42 Å². The van der Waals surface area contributed by atoms with Gasteiger partial charge in [0.1, 0.15) is 5.82 Å². The number of piperazine rings is 2. The first-order chi connectivity index (χ1) is 19.5. The first kappa shape index (κ1) is 28.0. The maximum atomic E-state index is 4.96. The van der Waals surface area contributed by atoms with E-state index in [0.29, 0.717) is 6.04 Å². The summed E-state index contributed by atoms with van der Waals surface area (Å²) in [7, 11) is 4.53. The van der Waals surface area contributed by atoms with Crippen molar-refractivity contribution in [2.75, 3.05) is 109 Å². The van der Waals surface area contributed by atoms with Gasteiger partial charge in [0.15, 0.2) is 0 Å². The molecule has 4 fully saturated rings. The van der Waals surface area contributed by atoms with Gasteiger partial charge in [-0.2, -0.15) is 0 Å². The lowest BCUT2D eigenvalue weighted by Crippen LogP contribution is -2.58. The van der Waals surface area contributed by atoms with Crippen LogP contribution in [-0.4, -0.2) is 130 Å². The molecule has 5 heterocycles. The molecule has 2 aromatic rings. The largest absolute Gasteiger partial charge is 0.371 e. The van der Waals surface area contributed by atoms with Gasteiger partial charge >= 0.3 is 0 Å². The van der Waals surface area contributed by atoms with E-state index >= 15 is 0 Å².